The Morgan fingerprint density at radius 1 is 1.22 bits per heavy atom. The number of thiophene rings is 1. The van der Waals surface area contributed by atoms with Crippen molar-refractivity contribution < 1.29 is 9.59 Å². The highest BCUT2D eigenvalue weighted by Gasteiger charge is 2.11. The third-order valence-electron chi connectivity index (χ3n) is 2.57. The molecule has 2 rings (SSSR count). The van der Waals surface area contributed by atoms with Gasteiger partial charge < -0.3 is 5.32 Å². The van der Waals surface area contributed by atoms with Gasteiger partial charge in [-0.1, -0.05) is 30.3 Å². The first-order valence-electron chi connectivity index (χ1n) is 5.66. The summed E-state index contributed by atoms with van der Waals surface area (Å²) in [4.78, 5) is 23.0. The molecule has 92 valence electrons. The highest BCUT2D eigenvalue weighted by Crippen LogP contribution is 2.14. The zero-order valence-electron chi connectivity index (χ0n) is 9.76. The topological polar surface area (TPSA) is 46.2 Å². The van der Waals surface area contributed by atoms with E-state index in [1.54, 1.807) is 11.4 Å². The minimum atomic E-state index is -0.178. The first-order valence-corrected chi connectivity index (χ1v) is 6.54. The molecule has 0 aliphatic heterocycles. The molecule has 0 aliphatic rings. The standard InChI is InChI=1S/C14H13NO2S/c16-10-12-7-9-18-13(12)14(17)15-8-6-11-4-2-1-3-5-11/h1-5,7,9-10H,6,8H2,(H,15,17). The molecule has 2 aromatic rings. The monoisotopic (exact) mass is 259 g/mol. The van der Waals surface area contributed by atoms with Crippen LogP contribution < -0.4 is 5.32 Å². The first kappa shape index (κ1) is 12.5. The van der Waals surface area contributed by atoms with Crippen molar-refractivity contribution >= 4 is 23.5 Å². The van der Waals surface area contributed by atoms with Gasteiger partial charge in [0.2, 0.25) is 0 Å². The molecule has 1 aromatic heterocycles. The molecule has 1 heterocycles. The Morgan fingerprint density at radius 2 is 2.00 bits per heavy atom. The molecule has 1 aromatic carbocycles. The summed E-state index contributed by atoms with van der Waals surface area (Å²) in [6.07, 6.45) is 1.50. The molecule has 0 atom stereocenters. The quantitative estimate of drug-likeness (QED) is 0.839. The van der Waals surface area contributed by atoms with Crippen LogP contribution in [-0.2, 0) is 6.42 Å². The molecule has 0 bridgehead atoms. The number of aldehydes is 1. The van der Waals surface area contributed by atoms with Gasteiger partial charge in [0.05, 0.1) is 0 Å². The summed E-state index contributed by atoms with van der Waals surface area (Å²) >= 11 is 1.29. The Bertz CT molecular complexity index is 534. The molecule has 0 aliphatic carbocycles. The zero-order valence-corrected chi connectivity index (χ0v) is 10.6. The highest BCUT2D eigenvalue weighted by molar-refractivity contribution is 7.12. The van der Waals surface area contributed by atoms with Crippen LogP contribution in [0.15, 0.2) is 41.8 Å². The van der Waals surface area contributed by atoms with Gasteiger partial charge in [-0.05, 0) is 23.4 Å². The summed E-state index contributed by atoms with van der Waals surface area (Å²) in [5.41, 5.74) is 1.64. The van der Waals surface area contributed by atoms with E-state index in [1.807, 2.05) is 30.3 Å². The van der Waals surface area contributed by atoms with E-state index in [0.717, 1.165) is 6.42 Å². The van der Waals surface area contributed by atoms with Crippen molar-refractivity contribution in [1.29, 1.82) is 0 Å². The SMILES string of the molecule is O=Cc1ccsc1C(=O)NCCc1ccccc1. The maximum Gasteiger partial charge on any atom is 0.262 e. The van der Waals surface area contributed by atoms with Crippen molar-refractivity contribution in [1.82, 2.24) is 5.32 Å². The van der Waals surface area contributed by atoms with E-state index in [-0.39, 0.29) is 5.91 Å². The molecular weight excluding hydrogens is 246 g/mol. The Morgan fingerprint density at radius 3 is 2.72 bits per heavy atom. The minimum Gasteiger partial charge on any atom is -0.351 e. The molecule has 0 saturated heterocycles. The van der Waals surface area contributed by atoms with Crippen molar-refractivity contribution in [3.63, 3.8) is 0 Å². The van der Waals surface area contributed by atoms with Gasteiger partial charge >= 0.3 is 0 Å². The molecule has 1 amide bonds. The van der Waals surface area contributed by atoms with Gasteiger partial charge in [-0.2, -0.15) is 0 Å². The van der Waals surface area contributed by atoms with E-state index in [4.69, 9.17) is 0 Å². The number of hydrogen-bond donors (Lipinski definition) is 1. The Hall–Kier alpha value is -1.94. The van der Waals surface area contributed by atoms with Crippen molar-refractivity contribution in [2.45, 2.75) is 6.42 Å². The smallest absolute Gasteiger partial charge is 0.262 e. The van der Waals surface area contributed by atoms with E-state index in [0.29, 0.717) is 23.3 Å². The zero-order chi connectivity index (χ0) is 12.8. The Kier molecular flexibility index (Phi) is 4.25. The fourth-order valence-corrected chi connectivity index (χ4v) is 2.42. The van der Waals surface area contributed by atoms with Crippen LogP contribution in [0.3, 0.4) is 0 Å². The molecule has 0 radical (unpaired) electrons. The lowest BCUT2D eigenvalue weighted by atomic mass is 10.1. The fraction of sp³-hybridized carbons (Fsp3) is 0.143. The van der Waals surface area contributed by atoms with Gasteiger partial charge in [0, 0.05) is 12.1 Å². The van der Waals surface area contributed by atoms with Gasteiger partial charge in [-0.15, -0.1) is 11.3 Å². The van der Waals surface area contributed by atoms with E-state index in [9.17, 15) is 9.59 Å². The van der Waals surface area contributed by atoms with Crippen LogP contribution in [0.25, 0.3) is 0 Å². The van der Waals surface area contributed by atoms with Crippen molar-refractivity contribution in [2.75, 3.05) is 6.54 Å². The number of hydrogen-bond acceptors (Lipinski definition) is 3. The predicted molar refractivity (Wildman–Crippen MR) is 72.2 cm³/mol. The van der Waals surface area contributed by atoms with Crippen LogP contribution in [0.1, 0.15) is 25.6 Å². The summed E-state index contributed by atoms with van der Waals surface area (Å²) < 4.78 is 0. The summed E-state index contributed by atoms with van der Waals surface area (Å²) in [6, 6.07) is 11.6. The van der Waals surface area contributed by atoms with Gasteiger partial charge in [0.1, 0.15) is 4.88 Å². The van der Waals surface area contributed by atoms with E-state index in [1.165, 1.54) is 16.9 Å². The van der Waals surface area contributed by atoms with Gasteiger partial charge in [0.15, 0.2) is 6.29 Å². The molecular formula is C14H13NO2S. The third kappa shape index (κ3) is 3.05. The summed E-state index contributed by atoms with van der Waals surface area (Å²) in [7, 11) is 0. The van der Waals surface area contributed by atoms with Crippen LogP contribution >= 0.6 is 11.3 Å². The van der Waals surface area contributed by atoms with Crippen molar-refractivity contribution in [2.24, 2.45) is 0 Å². The highest BCUT2D eigenvalue weighted by atomic mass is 32.1. The number of nitrogens with one attached hydrogen (secondary N) is 1. The van der Waals surface area contributed by atoms with Crippen LogP contribution in [0.4, 0.5) is 0 Å². The van der Waals surface area contributed by atoms with Gasteiger partial charge in [0.25, 0.3) is 5.91 Å². The average molecular weight is 259 g/mol. The van der Waals surface area contributed by atoms with Crippen LogP contribution in [0, 0.1) is 0 Å². The Labute approximate surface area is 109 Å². The lowest BCUT2D eigenvalue weighted by Gasteiger charge is -2.04. The molecule has 0 spiro atoms. The number of benzene rings is 1. The maximum absolute atomic E-state index is 11.8. The maximum atomic E-state index is 11.8. The summed E-state index contributed by atoms with van der Waals surface area (Å²) in [5, 5.41) is 4.57. The third-order valence-corrected chi connectivity index (χ3v) is 3.50. The van der Waals surface area contributed by atoms with Crippen LogP contribution in [0.2, 0.25) is 0 Å². The normalized spacial score (nSPS) is 10.0. The predicted octanol–water partition coefficient (Wildman–Crippen LogP) is 2.53. The molecule has 3 nitrogen and oxygen atoms in total. The Balaban J connectivity index is 1.87. The molecule has 1 N–H and O–H groups in total. The van der Waals surface area contributed by atoms with E-state index in [2.05, 4.69) is 5.32 Å². The lowest BCUT2D eigenvalue weighted by molar-refractivity contribution is 0.0953. The molecule has 0 fully saturated rings. The second-order valence-corrected chi connectivity index (χ2v) is 4.73. The number of rotatable bonds is 5. The second-order valence-electron chi connectivity index (χ2n) is 3.81. The molecule has 4 heteroatoms. The molecule has 18 heavy (non-hydrogen) atoms. The van der Waals surface area contributed by atoms with Crippen molar-refractivity contribution in [3.05, 3.63) is 57.8 Å². The van der Waals surface area contributed by atoms with Crippen molar-refractivity contribution in [3.8, 4) is 0 Å². The van der Waals surface area contributed by atoms with E-state index >= 15 is 0 Å². The van der Waals surface area contributed by atoms with Crippen LogP contribution in [-0.4, -0.2) is 18.7 Å². The lowest BCUT2D eigenvalue weighted by Crippen LogP contribution is -2.25. The van der Waals surface area contributed by atoms with Gasteiger partial charge in [-0.25, -0.2) is 0 Å². The molecule has 0 unspecified atom stereocenters. The fourth-order valence-electron chi connectivity index (χ4n) is 1.64. The average Bonchev–Trinajstić information content (AvgIpc) is 2.88. The van der Waals surface area contributed by atoms with Gasteiger partial charge in [-0.3, -0.25) is 9.59 Å². The number of amides is 1. The number of carbonyl (C=O) groups is 2. The second kappa shape index (κ2) is 6.12. The summed E-state index contributed by atoms with van der Waals surface area (Å²) in [5.74, 6) is -0.178. The largest absolute Gasteiger partial charge is 0.351 e. The number of carbonyl (C=O) groups excluding carboxylic acids is 2. The first-order chi connectivity index (χ1) is 8.81. The minimum absolute atomic E-state index is 0.178. The summed E-state index contributed by atoms with van der Waals surface area (Å²) in [6.45, 7) is 0.568. The molecule has 0 saturated carbocycles. The van der Waals surface area contributed by atoms with E-state index < -0.39 is 0 Å². The van der Waals surface area contributed by atoms with Crippen LogP contribution in [0.5, 0.6) is 0 Å².